The van der Waals surface area contributed by atoms with Gasteiger partial charge in [-0.1, -0.05) is 29.8 Å². The van der Waals surface area contributed by atoms with Gasteiger partial charge in [-0.2, -0.15) is 0 Å². The fraction of sp³-hybridized carbons (Fsp3) is 0.375. The van der Waals surface area contributed by atoms with E-state index in [0.29, 0.717) is 46.8 Å². The first-order valence-corrected chi connectivity index (χ1v) is 15.9. The fourth-order valence-electron chi connectivity index (χ4n) is 5.36. The molecule has 1 amide bonds. The molecule has 224 valence electrons. The van der Waals surface area contributed by atoms with Crippen molar-refractivity contribution in [3.05, 3.63) is 78.1 Å². The second-order valence-corrected chi connectivity index (χ2v) is 14.6. The van der Waals surface area contributed by atoms with Gasteiger partial charge in [0.05, 0.1) is 16.1 Å². The van der Waals surface area contributed by atoms with Crippen molar-refractivity contribution in [3.8, 4) is 11.1 Å². The lowest BCUT2D eigenvalue weighted by atomic mass is 9.79. The largest absolute Gasteiger partial charge is 0.496 e. The van der Waals surface area contributed by atoms with Crippen LogP contribution in [0.25, 0.3) is 22.2 Å². The number of rotatable bonds is 6. The van der Waals surface area contributed by atoms with Crippen molar-refractivity contribution in [1.82, 2.24) is 18.8 Å². The zero-order valence-corrected chi connectivity index (χ0v) is 26.5. The van der Waals surface area contributed by atoms with E-state index < -0.39 is 28.3 Å². The molecule has 43 heavy (non-hydrogen) atoms. The molecule has 4 aromatic rings. The van der Waals surface area contributed by atoms with E-state index >= 15 is 0 Å². The summed E-state index contributed by atoms with van der Waals surface area (Å²) in [4.78, 5) is 21.8. The van der Waals surface area contributed by atoms with E-state index in [1.165, 1.54) is 3.97 Å². The summed E-state index contributed by atoms with van der Waals surface area (Å²) >= 11 is 0. The number of likely N-dealkylation sites (N-methyl/N-ethyl adjacent to an activating group) is 1. The van der Waals surface area contributed by atoms with Crippen LogP contribution < -0.4 is 5.46 Å². The van der Waals surface area contributed by atoms with E-state index in [9.17, 15) is 13.2 Å². The van der Waals surface area contributed by atoms with Gasteiger partial charge < -0.3 is 19.1 Å². The highest BCUT2D eigenvalue weighted by Crippen LogP contribution is 2.37. The number of aryl methyl sites for hydroxylation is 1. The Labute approximate surface area is 253 Å². The van der Waals surface area contributed by atoms with E-state index in [1.807, 2.05) is 71.8 Å². The van der Waals surface area contributed by atoms with Crippen LogP contribution in [0.5, 0.6) is 0 Å². The monoisotopic (exact) mass is 600 g/mol. The topological polar surface area (TPSA) is 94.0 Å². The first kappa shape index (κ1) is 29.6. The number of likely N-dealkylation sites (tertiary alicyclic amines) is 1. The lowest BCUT2D eigenvalue weighted by molar-refractivity contribution is 0.00578. The molecule has 0 saturated carbocycles. The molecule has 0 N–H and O–H groups in total. The molecule has 6 rings (SSSR count). The standard InChI is InChI=1S/C32H37BN4O5S/c1-21-8-14-26(15-9-21)43(39,40)37-20-28(22-10-12-23(13-11-22)30(38)36-18-25(19-36)35(6)7)27-16-24(17-34-29(27)37)33-41-31(2,3)32(4,5)42-33/h8-17,20,25H,18-19H2,1-7H3. The summed E-state index contributed by atoms with van der Waals surface area (Å²) in [6, 6.07) is 16.3. The fourth-order valence-corrected chi connectivity index (χ4v) is 6.69. The number of benzene rings is 2. The average molecular weight is 601 g/mol. The van der Waals surface area contributed by atoms with Crippen LogP contribution in [-0.4, -0.2) is 84.6 Å². The number of pyridine rings is 1. The van der Waals surface area contributed by atoms with Crippen LogP contribution in [0.2, 0.25) is 0 Å². The Morgan fingerprint density at radius 2 is 1.58 bits per heavy atom. The number of carbonyl (C=O) groups excluding carboxylic acids is 1. The highest BCUT2D eigenvalue weighted by molar-refractivity contribution is 7.90. The van der Waals surface area contributed by atoms with Crippen LogP contribution >= 0.6 is 0 Å². The van der Waals surface area contributed by atoms with E-state index in [0.717, 1.165) is 11.1 Å². The number of hydrogen-bond donors (Lipinski definition) is 0. The van der Waals surface area contributed by atoms with Gasteiger partial charge in [-0.3, -0.25) is 4.79 Å². The Balaban J connectivity index is 1.42. The molecule has 0 spiro atoms. The molecule has 2 aromatic carbocycles. The van der Waals surface area contributed by atoms with Crippen LogP contribution in [0.4, 0.5) is 0 Å². The summed E-state index contributed by atoms with van der Waals surface area (Å²) in [6.07, 6.45) is 3.22. The predicted octanol–water partition coefficient (Wildman–Crippen LogP) is 3.93. The molecule has 2 aliphatic heterocycles. The average Bonchev–Trinajstić information content (AvgIpc) is 3.41. The highest BCUT2D eigenvalue weighted by Gasteiger charge is 2.52. The minimum Gasteiger partial charge on any atom is -0.399 e. The van der Waals surface area contributed by atoms with Gasteiger partial charge in [-0.25, -0.2) is 17.4 Å². The number of hydrogen-bond acceptors (Lipinski definition) is 7. The van der Waals surface area contributed by atoms with Gasteiger partial charge in [0.1, 0.15) is 0 Å². The first-order chi connectivity index (χ1) is 20.2. The van der Waals surface area contributed by atoms with Gasteiger partial charge in [-0.05, 0) is 84.6 Å². The molecule has 0 aliphatic carbocycles. The van der Waals surface area contributed by atoms with Crippen molar-refractivity contribution in [2.75, 3.05) is 27.2 Å². The highest BCUT2D eigenvalue weighted by atomic mass is 32.2. The molecule has 2 aromatic heterocycles. The molecule has 0 radical (unpaired) electrons. The Morgan fingerprint density at radius 1 is 0.977 bits per heavy atom. The minimum atomic E-state index is -3.95. The summed E-state index contributed by atoms with van der Waals surface area (Å²) < 4.78 is 41.5. The van der Waals surface area contributed by atoms with Gasteiger partial charge in [-0.15, -0.1) is 0 Å². The number of aromatic nitrogens is 2. The molecule has 0 bridgehead atoms. The summed E-state index contributed by atoms with van der Waals surface area (Å²) in [7, 11) is -0.575. The zero-order chi connectivity index (χ0) is 30.9. The lowest BCUT2D eigenvalue weighted by Gasteiger charge is -2.42. The van der Waals surface area contributed by atoms with Crippen molar-refractivity contribution in [3.63, 3.8) is 0 Å². The smallest absolute Gasteiger partial charge is 0.399 e. The molecular weight excluding hydrogens is 563 g/mol. The van der Waals surface area contributed by atoms with Crippen molar-refractivity contribution in [2.45, 2.75) is 56.8 Å². The second-order valence-electron chi connectivity index (χ2n) is 12.8. The molecule has 2 aliphatic rings. The SMILES string of the molecule is Cc1ccc(S(=O)(=O)n2cc(-c3ccc(C(=O)N4CC(N(C)C)C4)cc3)c3cc(B4OC(C)(C)C(C)(C)O4)cnc32)cc1. The third-order valence-electron chi connectivity index (χ3n) is 9.06. The molecule has 0 unspecified atom stereocenters. The maximum absolute atomic E-state index is 13.9. The summed E-state index contributed by atoms with van der Waals surface area (Å²) in [5.74, 6) is -0.0151. The summed E-state index contributed by atoms with van der Waals surface area (Å²) in [5.41, 5.74) is 2.90. The van der Waals surface area contributed by atoms with Gasteiger partial charge in [0.25, 0.3) is 15.9 Å². The van der Waals surface area contributed by atoms with Crippen LogP contribution in [0.3, 0.4) is 0 Å². The molecule has 4 heterocycles. The van der Waals surface area contributed by atoms with Gasteiger partial charge >= 0.3 is 7.12 Å². The van der Waals surface area contributed by atoms with Crippen LogP contribution in [0.1, 0.15) is 43.6 Å². The Hall–Kier alpha value is -3.51. The van der Waals surface area contributed by atoms with Crippen molar-refractivity contribution in [1.29, 1.82) is 0 Å². The Morgan fingerprint density at radius 3 is 2.16 bits per heavy atom. The van der Waals surface area contributed by atoms with Crippen LogP contribution in [0, 0.1) is 6.92 Å². The van der Waals surface area contributed by atoms with E-state index in [2.05, 4.69) is 9.88 Å². The lowest BCUT2D eigenvalue weighted by Crippen LogP contribution is -2.59. The van der Waals surface area contributed by atoms with E-state index in [1.54, 1.807) is 48.8 Å². The van der Waals surface area contributed by atoms with Crippen molar-refractivity contribution >= 4 is 39.5 Å². The Bertz CT molecular complexity index is 1790. The van der Waals surface area contributed by atoms with Gasteiger partial charge in [0, 0.05) is 53.5 Å². The predicted molar refractivity (Wildman–Crippen MR) is 168 cm³/mol. The second kappa shape index (κ2) is 10.3. The van der Waals surface area contributed by atoms with Crippen LogP contribution in [-0.2, 0) is 19.3 Å². The summed E-state index contributed by atoms with van der Waals surface area (Å²) in [6.45, 7) is 11.3. The van der Waals surface area contributed by atoms with Crippen molar-refractivity contribution < 1.29 is 22.5 Å². The van der Waals surface area contributed by atoms with Gasteiger partial charge in [0.15, 0.2) is 5.65 Å². The summed E-state index contributed by atoms with van der Waals surface area (Å²) in [5, 5.41) is 0.638. The normalized spacial score (nSPS) is 18.4. The molecule has 9 nitrogen and oxygen atoms in total. The maximum Gasteiger partial charge on any atom is 0.496 e. The van der Waals surface area contributed by atoms with Crippen LogP contribution in [0.15, 0.2) is 71.9 Å². The minimum absolute atomic E-state index is 0.0151. The molecule has 2 fully saturated rings. The number of fused-ring (bicyclic) bond motifs is 1. The third kappa shape index (κ3) is 5.08. The molecular formula is C32H37BN4O5S. The number of amides is 1. The van der Waals surface area contributed by atoms with Gasteiger partial charge in [0.2, 0.25) is 0 Å². The van der Waals surface area contributed by atoms with E-state index in [-0.39, 0.29) is 10.8 Å². The number of nitrogens with zero attached hydrogens (tertiary/aromatic N) is 4. The van der Waals surface area contributed by atoms with E-state index in [4.69, 9.17) is 9.31 Å². The Kier molecular flexibility index (Phi) is 7.08. The first-order valence-electron chi connectivity index (χ1n) is 14.4. The zero-order valence-electron chi connectivity index (χ0n) is 25.7. The maximum atomic E-state index is 13.9. The van der Waals surface area contributed by atoms with Crippen molar-refractivity contribution in [2.24, 2.45) is 0 Å². The third-order valence-corrected chi connectivity index (χ3v) is 10.7. The molecule has 2 saturated heterocycles. The number of carbonyl (C=O) groups is 1. The molecule has 0 atom stereocenters. The molecule has 11 heteroatoms. The quantitative estimate of drug-likeness (QED) is 0.310.